The Labute approximate surface area is 147 Å². The number of hydrogen-bond acceptors (Lipinski definition) is 4. The minimum atomic E-state index is -0.698. The SMILES string of the molecule is COCCCN1C(=O)C(O)=C(C(=O)CC(C)C)C1c1ccc(F)cc1. The van der Waals surface area contributed by atoms with Gasteiger partial charge in [-0.05, 0) is 30.0 Å². The molecule has 1 aliphatic heterocycles. The number of aliphatic hydroxyl groups excluding tert-OH is 1. The van der Waals surface area contributed by atoms with Crippen LogP contribution in [0.1, 0.15) is 38.3 Å². The summed E-state index contributed by atoms with van der Waals surface area (Å²) in [6.45, 7) is 4.58. The summed E-state index contributed by atoms with van der Waals surface area (Å²) in [6.07, 6.45) is 0.801. The molecule has 0 spiro atoms. The van der Waals surface area contributed by atoms with Crippen molar-refractivity contribution in [3.63, 3.8) is 0 Å². The van der Waals surface area contributed by atoms with E-state index < -0.39 is 23.5 Å². The first-order chi connectivity index (χ1) is 11.9. The molecule has 1 aliphatic rings. The molecular formula is C19H24FNO4. The monoisotopic (exact) mass is 349 g/mol. The molecule has 5 nitrogen and oxygen atoms in total. The Kier molecular flexibility index (Phi) is 6.31. The molecule has 0 radical (unpaired) electrons. The lowest BCUT2D eigenvalue weighted by atomic mass is 9.92. The highest BCUT2D eigenvalue weighted by Gasteiger charge is 2.42. The van der Waals surface area contributed by atoms with Crippen molar-refractivity contribution >= 4 is 11.7 Å². The highest BCUT2D eigenvalue weighted by atomic mass is 19.1. The van der Waals surface area contributed by atoms with E-state index >= 15 is 0 Å². The van der Waals surface area contributed by atoms with Crippen LogP contribution in [0.15, 0.2) is 35.6 Å². The van der Waals surface area contributed by atoms with Gasteiger partial charge in [0.1, 0.15) is 5.82 Å². The molecule has 1 amide bonds. The number of amides is 1. The van der Waals surface area contributed by atoms with Crippen LogP contribution in [0.4, 0.5) is 4.39 Å². The van der Waals surface area contributed by atoms with Crippen molar-refractivity contribution in [2.24, 2.45) is 5.92 Å². The van der Waals surface area contributed by atoms with Gasteiger partial charge in [-0.15, -0.1) is 0 Å². The van der Waals surface area contributed by atoms with E-state index in [9.17, 15) is 19.1 Å². The average molecular weight is 349 g/mol. The van der Waals surface area contributed by atoms with Gasteiger partial charge in [0.05, 0.1) is 11.6 Å². The molecule has 0 saturated carbocycles. The normalized spacial score (nSPS) is 17.7. The molecule has 136 valence electrons. The Hall–Kier alpha value is -2.21. The van der Waals surface area contributed by atoms with E-state index in [1.54, 1.807) is 7.11 Å². The van der Waals surface area contributed by atoms with Crippen molar-refractivity contribution in [1.82, 2.24) is 4.90 Å². The number of carbonyl (C=O) groups is 2. The first kappa shape index (κ1) is 19.1. The first-order valence-electron chi connectivity index (χ1n) is 8.38. The quantitative estimate of drug-likeness (QED) is 0.732. The number of carbonyl (C=O) groups excluding carboxylic acids is 2. The molecule has 1 aromatic carbocycles. The molecule has 1 N–H and O–H groups in total. The molecule has 1 heterocycles. The Balaban J connectivity index is 2.40. The fourth-order valence-corrected chi connectivity index (χ4v) is 3.02. The van der Waals surface area contributed by atoms with E-state index in [-0.39, 0.29) is 23.7 Å². The van der Waals surface area contributed by atoms with Gasteiger partial charge in [0.25, 0.3) is 5.91 Å². The second-order valence-corrected chi connectivity index (χ2v) is 6.58. The molecule has 0 bridgehead atoms. The summed E-state index contributed by atoms with van der Waals surface area (Å²) in [5.74, 6) is -1.64. The number of rotatable bonds is 8. The van der Waals surface area contributed by atoms with Crippen LogP contribution in [0.5, 0.6) is 0 Å². The maximum Gasteiger partial charge on any atom is 0.290 e. The number of aliphatic hydroxyl groups is 1. The van der Waals surface area contributed by atoms with E-state index in [0.717, 1.165) is 0 Å². The van der Waals surface area contributed by atoms with Crippen molar-refractivity contribution in [2.75, 3.05) is 20.3 Å². The van der Waals surface area contributed by atoms with Crippen LogP contribution in [0.2, 0.25) is 0 Å². The largest absolute Gasteiger partial charge is 0.503 e. The second kappa shape index (κ2) is 8.25. The fraction of sp³-hybridized carbons (Fsp3) is 0.474. The Bertz CT molecular complexity index is 667. The number of nitrogens with zero attached hydrogens (tertiary/aromatic N) is 1. The lowest BCUT2D eigenvalue weighted by molar-refractivity contribution is -0.129. The lowest BCUT2D eigenvalue weighted by Gasteiger charge is -2.27. The van der Waals surface area contributed by atoms with E-state index in [2.05, 4.69) is 0 Å². The van der Waals surface area contributed by atoms with Gasteiger partial charge in [-0.25, -0.2) is 4.39 Å². The summed E-state index contributed by atoms with van der Waals surface area (Å²) in [5, 5.41) is 10.3. The van der Waals surface area contributed by atoms with Gasteiger partial charge in [0.2, 0.25) is 0 Å². The Morgan fingerprint density at radius 2 is 1.96 bits per heavy atom. The van der Waals surface area contributed by atoms with Gasteiger partial charge < -0.3 is 14.7 Å². The third-order valence-electron chi connectivity index (χ3n) is 4.13. The maximum absolute atomic E-state index is 13.3. The molecular weight excluding hydrogens is 325 g/mol. The van der Waals surface area contributed by atoms with Crippen molar-refractivity contribution in [3.05, 3.63) is 47.0 Å². The van der Waals surface area contributed by atoms with Gasteiger partial charge in [-0.2, -0.15) is 0 Å². The van der Waals surface area contributed by atoms with E-state index in [1.807, 2.05) is 13.8 Å². The van der Waals surface area contributed by atoms with Crippen LogP contribution in [0, 0.1) is 11.7 Å². The smallest absolute Gasteiger partial charge is 0.290 e. The number of hydrogen-bond donors (Lipinski definition) is 1. The minimum absolute atomic E-state index is 0.0966. The summed E-state index contributed by atoms with van der Waals surface area (Å²) in [7, 11) is 1.57. The molecule has 0 saturated heterocycles. The third-order valence-corrected chi connectivity index (χ3v) is 4.13. The number of halogens is 1. The highest BCUT2D eigenvalue weighted by molar-refractivity contribution is 6.09. The van der Waals surface area contributed by atoms with Gasteiger partial charge in [-0.3, -0.25) is 9.59 Å². The molecule has 1 aromatic rings. The van der Waals surface area contributed by atoms with Crippen LogP contribution in [0.3, 0.4) is 0 Å². The minimum Gasteiger partial charge on any atom is -0.503 e. The van der Waals surface area contributed by atoms with Gasteiger partial charge in [0.15, 0.2) is 11.5 Å². The second-order valence-electron chi connectivity index (χ2n) is 6.58. The molecule has 1 unspecified atom stereocenters. The first-order valence-corrected chi connectivity index (χ1v) is 8.38. The van der Waals surface area contributed by atoms with Crippen molar-refractivity contribution in [2.45, 2.75) is 32.7 Å². The summed E-state index contributed by atoms with van der Waals surface area (Å²) in [5.41, 5.74) is 0.700. The van der Waals surface area contributed by atoms with E-state index in [1.165, 1.54) is 29.2 Å². The van der Waals surface area contributed by atoms with Crippen molar-refractivity contribution < 1.29 is 23.8 Å². The summed E-state index contributed by atoms with van der Waals surface area (Å²) in [4.78, 5) is 26.6. The summed E-state index contributed by atoms with van der Waals surface area (Å²) >= 11 is 0. The Morgan fingerprint density at radius 3 is 2.52 bits per heavy atom. The predicted molar refractivity (Wildman–Crippen MR) is 91.5 cm³/mol. The van der Waals surface area contributed by atoms with E-state index in [4.69, 9.17) is 4.74 Å². The van der Waals surface area contributed by atoms with Gasteiger partial charge in [0, 0.05) is 26.7 Å². The van der Waals surface area contributed by atoms with Crippen LogP contribution in [-0.2, 0) is 14.3 Å². The number of Topliss-reactive ketones (excluding diaryl/α,β-unsaturated/α-hetero) is 1. The Morgan fingerprint density at radius 1 is 1.32 bits per heavy atom. The maximum atomic E-state index is 13.3. The summed E-state index contributed by atoms with van der Waals surface area (Å²) in [6, 6.07) is 4.95. The van der Waals surface area contributed by atoms with Gasteiger partial charge in [-0.1, -0.05) is 26.0 Å². The zero-order valence-electron chi connectivity index (χ0n) is 14.8. The van der Waals surface area contributed by atoms with Gasteiger partial charge >= 0.3 is 0 Å². The average Bonchev–Trinajstić information content (AvgIpc) is 2.80. The third kappa shape index (κ3) is 4.25. The number of benzene rings is 1. The van der Waals surface area contributed by atoms with Crippen molar-refractivity contribution in [1.29, 1.82) is 0 Å². The molecule has 2 rings (SSSR count). The van der Waals surface area contributed by atoms with Crippen molar-refractivity contribution in [3.8, 4) is 0 Å². The van der Waals surface area contributed by atoms with Crippen LogP contribution in [0.25, 0.3) is 0 Å². The van der Waals surface area contributed by atoms with Crippen LogP contribution >= 0.6 is 0 Å². The standard InChI is InChI=1S/C19H24FNO4/c1-12(2)11-15(22)16-17(13-5-7-14(20)8-6-13)21(9-4-10-25-3)19(24)18(16)23/h5-8,12,17,23H,4,9-11H2,1-3H3. The molecule has 0 aromatic heterocycles. The zero-order valence-corrected chi connectivity index (χ0v) is 14.8. The molecule has 0 fully saturated rings. The zero-order chi connectivity index (χ0) is 18.6. The molecule has 0 aliphatic carbocycles. The van der Waals surface area contributed by atoms with E-state index in [0.29, 0.717) is 25.1 Å². The topological polar surface area (TPSA) is 66.8 Å². The molecule has 1 atom stereocenters. The highest BCUT2D eigenvalue weighted by Crippen LogP contribution is 2.38. The number of ketones is 1. The van der Waals surface area contributed by atoms with Crippen LogP contribution in [-0.4, -0.2) is 42.0 Å². The summed E-state index contributed by atoms with van der Waals surface area (Å²) < 4.78 is 18.3. The predicted octanol–water partition coefficient (Wildman–Crippen LogP) is 3.17. The number of methoxy groups -OCH3 is 1. The lowest BCUT2D eigenvalue weighted by Crippen LogP contribution is -2.32. The number of ether oxygens (including phenoxy) is 1. The molecule has 6 heteroatoms. The fourth-order valence-electron chi connectivity index (χ4n) is 3.02. The van der Waals surface area contributed by atoms with Crippen LogP contribution < -0.4 is 0 Å². The molecule has 25 heavy (non-hydrogen) atoms.